The van der Waals surface area contributed by atoms with Crippen LogP contribution in [-0.4, -0.2) is 19.8 Å². The lowest BCUT2D eigenvalue weighted by atomic mass is 9.73. The van der Waals surface area contributed by atoms with Crippen molar-refractivity contribution in [3.05, 3.63) is 33.9 Å². The van der Waals surface area contributed by atoms with Gasteiger partial charge in [0, 0.05) is 13.2 Å². The smallest absolute Gasteiger partial charge is 0.0697 e. The first-order valence-electron chi connectivity index (χ1n) is 7.74. The van der Waals surface area contributed by atoms with Crippen LogP contribution in [0.3, 0.4) is 0 Å². The van der Waals surface area contributed by atoms with Crippen molar-refractivity contribution in [1.29, 1.82) is 0 Å². The number of rotatable bonds is 5. The fraction of sp³-hybridized carbons (Fsp3) is 0.667. The van der Waals surface area contributed by atoms with E-state index in [1.54, 1.807) is 0 Å². The second-order valence-electron chi connectivity index (χ2n) is 6.46. The Balaban J connectivity index is 2.37. The predicted molar refractivity (Wildman–Crippen MR) is 85.4 cm³/mol. The SMILES string of the molecule is CNC(CC1(OC)CCC1)c1c(C)c(C)cc(C)c1C. The van der Waals surface area contributed by atoms with E-state index in [4.69, 9.17) is 4.74 Å². The minimum atomic E-state index is 0.101. The van der Waals surface area contributed by atoms with Gasteiger partial charge in [0.25, 0.3) is 0 Å². The first-order chi connectivity index (χ1) is 9.44. The molecule has 0 heterocycles. The van der Waals surface area contributed by atoms with Crippen molar-refractivity contribution in [2.45, 2.75) is 65.0 Å². The molecule has 2 rings (SSSR count). The normalized spacial score (nSPS) is 18.7. The first-order valence-corrected chi connectivity index (χ1v) is 7.74. The summed E-state index contributed by atoms with van der Waals surface area (Å²) < 4.78 is 5.83. The van der Waals surface area contributed by atoms with Gasteiger partial charge in [0.1, 0.15) is 0 Å². The summed E-state index contributed by atoms with van der Waals surface area (Å²) in [5.41, 5.74) is 7.22. The number of hydrogen-bond donors (Lipinski definition) is 1. The highest BCUT2D eigenvalue weighted by Gasteiger charge is 2.39. The number of methoxy groups -OCH3 is 1. The molecule has 0 saturated heterocycles. The van der Waals surface area contributed by atoms with Crippen LogP contribution in [0.2, 0.25) is 0 Å². The van der Waals surface area contributed by atoms with Gasteiger partial charge in [-0.25, -0.2) is 0 Å². The highest BCUT2D eigenvalue weighted by Crippen LogP contribution is 2.43. The summed E-state index contributed by atoms with van der Waals surface area (Å²) in [7, 11) is 3.94. The molecule has 1 fully saturated rings. The lowest BCUT2D eigenvalue weighted by Gasteiger charge is -2.43. The summed E-state index contributed by atoms with van der Waals surface area (Å²) >= 11 is 0. The molecule has 0 aromatic heterocycles. The van der Waals surface area contributed by atoms with Gasteiger partial charge in [-0.1, -0.05) is 6.07 Å². The minimum absolute atomic E-state index is 0.101. The Morgan fingerprint density at radius 2 is 1.70 bits per heavy atom. The molecule has 0 bridgehead atoms. The zero-order valence-corrected chi connectivity index (χ0v) is 13.9. The fourth-order valence-electron chi connectivity index (χ4n) is 3.55. The molecule has 0 spiro atoms. The van der Waals surface area contributed by atoms with Gasteiger partial charge in [-0.2, -0.15) is 0 Å². The quantitative estimate of drug-likeness (QED) is 0.872. The Hall–Kier alpha value is -0.860. The molecule has 1 aromatic carbocycles. The number of hydrogen-bond acceptors (Lipinski definition) is 2. The molecule has 1 aromatic rings. The van der Waals surface area contributed by atoms with Gasteiger partial charge < -0.3 is 10.1 Å². The Morgan fingerprint density at radius 3 is 2.05 bits per heavy atom. The van der Waals surface area contributed by atoms with E-state index in [2.05, 4.69) is 46.1 Å². The van der Waals surface area contributed by atoms with E-state index in [1.165, 1.54) is 47.1 Å². The summed E-state index contributed by atoms with van der Waals surface area (Å²) in [5.74, 6) is 0. The molecule has 0 amide bonds. The standard InChI is InChI=1S/C18H29NO/c1-12-10-13(2)15(4)17(14(12)3)16(19-5)11-18(20-6)8-7-9-18/h10,16,19H,7-9,11H2,1-6H3. The minimum Gasteiger partial charge on any atom is -0.378 e. The third-order valence-corrected chi connectivity index (χ3v) is 5.39. The molecule has 0 radical (unpaired) electrons. The number of benzene rings is 1. The van der Waals surface area contributed by atoms with Crippen LogP contribution in [0.1, 0.15) is 59.5 Å². The van der Waals surface area contributed by atoms with E-state index in [9.17, 15) is 0 Å². The molecule has 1 saturated carbocycles. The molecule has 0 aliphatic heterocycles. The second-order valence-corrected chi connectivity index (χ2v) is 6.46. The van der Waals surface area contributed by atoms with Crippen LogP contribution >= 0.6 is 0 Å². The molecule has 1 unspecified atom stereocenters. The Labute approximate surface area is 123 Å². The van der Waals surface area contributed by atoms with Gasteiger partial charge in [-0.3, -0.25) is 0 Å². The molecule has 2 heteroatoms. The predicted octanol–water partition coefficient (Wildman–Crippen LogP) is 4.14. The highest BCUT2D eigenvalue weighted by atomic mass is 16.5. The maximum Gasteiger partial charge on any atom is 0.0697 e. The van der Waals surface area contributed by atoms with Crippen LogP contribution in [0.15, 0.2) is 6.07 Å². The summed E-state index contributed by atoms with van der Waals surface area (Å²) in [6.07, 6.45) is 4.77. The summed E-state index contributed by atoms with van der Waals surface area (Å²) in [5, 5.41) is 3.53. The van der Waals surface area contributed by atoms with Crippen molar-refractivity contribution in [1.82, 2.24) is 5.32 Å². The molecule has 1 aliphatic carbocycles. The van der Waals surface area contributed by atoms with E-state index in [0.29, 0.717) is 6.04 Å². The Morgan fingerprint density at radius 1 is 1.15 bits per heavy atom. The number of aryl methyl sites for hydroxylation is 2. The largest absolute Gasteiger partial charge is 0.378 e. The third-order valence-electron chi connectivity index (χ3n) is 5.39. The van der Waals surface area contributed by atoms with Crippen LogP contribution in [0.4, 0.5) is 0 Å². The van der Waals surface area contributed by atoms with Crippen molar-refractivity contribution in [3.63, 3.8) is 0 Å². The summed E-state index contributed by atoms with van der Waals surface area (Å²) in [4.78, 5) is 0. The first kappa shape index (κ1) is 15.5. The zero-order chi connectivity index (χ0) is 14.9. The van der Waals surface area contributed by atoms with Gasteiger partial charge in [-0.15, -0.1) is 0 Å². The molecule has 2 nitrogen and oxygen atoms in total. The molecule has 112 valence electrons. The van der Waals surface area contributed by atoms with Gasteiger partial charge in [0.15, 0.2) is 0 Å². The lowest BCUT2D eigenvalue weighted by Crippen LogP contribution is -2.42. The molecular formula is C18H29NO. The Bertz CT molecular complexity index is 457. The van der Waals surface area contributed by atoms with Crippen molar-refractivity contribution in [2.24, 2.45) is 0 Å². The maximum absolute atomic E-state index is 5.83. The fourth-order valence-corrected chi connectivity index (χ4v) is 3.55. The molecule has 1 aliphatic rings. The van der Waals surface area contributed by atoms with E-state index >= 15 is 0 Å². The van der Waals surface area contributed by atoms with Crippen molar-refractivity contribution >= 4 is 0 Å². The van der Waals surface area contributed by atoms with Crippen LogP contribution in [0, 0.1) is 27.7 Å². The van der Waals surface area contributed by atoms with E-state index < -0.39 is 0 Å². The highest BCUT2D eigenvalue weighted by molar-refractivity contribution is 5.45. The second kappa shape index (κ2) is 5.87. The van der Waals surface area contributed by atoms with Crippen LogP contribution in [0.25, 0.3) is 0 Å². The van der Waals surface area contributed by atoms with Crippen LogP contribution in [-0.2, 0) is 4.74 Å². The van der Waals surface area contributed by atoms with Gasteiger partial charge >= 0.3 is 0 Å². The molecular weight excluding hydrogens is 246 g/mol. The zero-order valence-electron chi connectivity index (χ0n) is 13.9. The third kappa shape index (κ3) is 2.64. The van der Waals surface area contributed by atoms with E-state index in [-0.39, 0.29) is 5.60 Å². The average Bonchev–Trinajstić information content (AvgIpc) is 2.38. The van der Waals surface area contributed by atoms with Crippen LogP contribution < -0.4 is 5.32 Å². The van der Waals surface area contributed by atoms with E-state index in [0.717, 1.165) is 6.42 Å². The molecule has 1 N–H and O–H groups in total. The van der Waals surface area contributed by atoms with Crippen molar-refractivity contribution in [3.8, 4) is 0 Å². The number of ether oxygens (including phenoxy) is 1. The van der Waals surface area contributed by atoms with Gasteiger partial charge in [0.05, 0.1) is 5.60 Å². The van der Waals surface area contributed by atoms with Crippen LogP contribution in [0.5, 0.6) is 0 Å². The molecule has 20 heavy (non-hydrogen) atoms. The van der Waals surface area contributed by atoms with Crippen molar-refractivity contribution in [2.75, 3.05) is 14.2 Å². The monoisotopic (exact) mass is 275 g/mol. The topological polar surface area (TPSA) is 21.3 Å². The van der Waals surface area contributed by atoms with Gasteiger partial charge in [0.2, 0.25) is 0 Å². The Kier molecular flexibility index (Phi) is 4.55. The van der Waals surface area contributed by atoms with Gasteiger partial charge in [-0.05, 0) is 88.2 Å². The van der Waals surface area contributed by atoms with E-state index in [1.807, 2.05) is 7.11 Å². The maximum atomic E-state index is 5.83. The summed E-state index contributed by atoms with van der Waals surface area (Å²) in [6.45, 7) is 8.93. The lowest BCUT2D eigenvalue weighted by molar-refractivity contribution is -0.0835. The summed E-state index contributed by atoms with van der Waals surface area (Å²) in [6, 6.07) is 2.69. The number of nitrogens with one attached hydrogen (secondary N) is 1. The average molecular weight is 275 g/mol. The van der Waals surface area contributed by atoms with Crippen molar-refractivity contribution < 1.29 is 4.74 Å². The molecule has 1 atom stereocenters.